The van der Waals surface area contributed by atoms with Gasteiger partial charge in [-0.15, -0.1) is 10.2 Å². The van der Waals surface area contributed by atoms with Gasteiger partial charge in [0, 0.05) is 52.7 Å². The van der Waals surface area contributed by atoms with Gasteiger partial charge in [-0.25, -0.2) is 9.59 Å². The highest BCUT2D eigenvalue weighted by atomic mass is 32.1. The standard InChI is InChI=1S/C8H10O3.C6H10N2O2.C6H9NO2.C5H8N2OS.C4H8N4.2C4H10.C3H3NO2.C3H3NOS/c1-5(2)6-3-11-4-7(9)8(6)10;1-4(2)8-5(9)3-7-6(8)10;1-4(2)5-3-6(8)9-7-5;1-3(2)4-5(8)7-9-6-4;1-3(2)4-5-7-8-6-4;2*1-4(2)3;2*5-3-1-2-6-4-3/h3-5,9H,1-2H3;4H,3H2,1-2H3,(H,7,10);4H,3H2,1-2H3;3H,1-2H3,(H,7,8);3H,1-2H3,(H,5,6,7,8);2*4H,1-3H3;2*1-2H,(H,4,5). The summed E-state index contributed by atoms with van der Waals surface area (Å²) in [6.07, 6.45) is 4.07. The topological polar surface area (TPSA) is 318 Å². The second kappa shape index (κ2) is 35.0. The summed E-state index contributed by atoms with van der Waals surface area (Å²) in [7, 11) is 0. The van der Waals surface area contributed by atoms with E-state index < -0.39 is 0 Å². The molecule has 5 aromatic rings. The molecule has 67 heavy (non-hydrogen) atoms. The van der Waals surface area contributed by atoms with E-state index in [1.54, 1.807) is 5.38 Å². The van der Waals surface area contributed by atoms with Crippen LogP contribution in [0, 0.1) is 17.8 Å². The average molecular weight is 982 g/mol. The number of H-pyrrole nitrogens is 4. The van der Waals surface area contributed by atoms with Crippen LogP contribution in [0.25, 0.3) is 0 Å². The fourth-order valence-corrected chi connectivity index (χ4v) is 4.92. The van der Waals surface area contributed by atoms with E-state index in [0.717, 1.165) is 41.4 Å². The maximum Gasteiger partial charge on any atom is 0.340 e. The summed E-state index contributed by atoms with van der Waals surface area (Å²) in [6.45, 7) is 32.4. The minimum atomic E-state index is -0.341. The van der Waals surface area contributed by atoms with Gasteiger partial charge in [0.1, 0.15) is 18.2 Å². The molecule has 22 nitrogen and oxygen atoms in total. The van der Waals surface area contributed by atoms with Crippen LogP contribution >= 0.6 is 23.3 Å². The number of tetrazole rings is 1. The van der Waals surface area contributed by atoms with E-state index in [4.69, 9.17) is 9.52 Å². The Morgan fingerprint density at radius 2 is 1.36 bits per heavy atom. The number of hydrogen-bond acceptors (Lipinski definition) is 18. The van der Waals surface area contributed by atoms with Gasteiger partial charge in [0.2, 0.25) is 11.3 Å². The third kappa shape index (κ3) is 30.5. The summed E-state index contributed by atoms with van der Waals surface area (Å²) in [5.41, 5.74) is 1.39. The van der Waals surface area contributed by atoms with Crippen molar-refractivity contribution < 1.29 is 33.3 Å². The van der Waals surface area contributed by atoms with Crippen LogP contribution in [-0.4, -0.2) is 85.1 Å². The SMILES string of the molecule is CC(C)C.CC(C)C.CC(C)C1=NOC(=O)C1.CC(C)N1C(=O)CNC1=O.CC(C)c1cocc(O)c1=O.CC(C)c1nn[nH]n1.CC(C)c1ns[nH]c1=O.O=c1cco[nH]1.O=c1ccs[nH]1. The zero-order valence-corrected chi connectivity index (χ0v) is 43.1. The van der Waals surface area contributed by atoms with Gasteiger partial charge >= 0.3 is 12.0 Å². The number of imide groups is 1. The van der Waals surface area contributed by atoms with Crippen LogP contribution in [0.1, 0.15) is 152 Å². The molecule has 0 aromatic carbocycles. The second-order valence-corrected chi connectivity index (χ2v) is 18.2. The fraction of sp³-hybridized carbons (Fsp3) is 0.581. The van der Waals surface area contributed by atoms with Crippen molar-refractivity contribution in [2.24, 2.45) is 22.9 Å². The lowest BCUT2D eigenvalue weighted by atomic mass is 10.1. The van der Waals surface area contributed by atoms with Crippen LogP contribution in [0.3, 0.4) is 0 Å². The minimum absolute atomic E-state index is 0.0139. The van der Waals surface area contributed by atoms with Crippen LogP contribution in [0.5, 0.6) is 5.75 Å². The predicted molar refractivity (Wildman–Crippen MR) is 259 cm³/mol. The van der Waals surface area contributed by atoms with E-state index >= 15 is 0 Å². The maximum absolute atomic E-state index is 11.1. The highest BCUT2D eigenvalue weighted by Gasteiger charge is 2.30. The Labute approximate surface area is 398 Å². The van der Waals surface area contributed by atoms with Crippen LogP contribution in [0.2, 0.25) is 0 Å². The number of amides is 3. The Morgan fingerprint density at radius 3 is 1.58 bits per heavy atom. The molecule has 2 aliphatic rings. The zero-order chi connectivity index (χ0) is 51.8. The van der Waals surface area contributed by atoms with Crippen LogP contribution in [0.15, 0.2) is 69.6 Å². The number of hydrogen-bond donors (Lipinski definition) is 6. The first kappa shape index (κ1) is 62.8. The van der Waals surface area contributed by atoms with Crippen molar-refractivity contribution in [1.82, 2.24) is 49.1 Å². The Morgan fingerprint density at radius 1 is 0.746 bits per heavy atom. The summed E-state index contributed by atoms with van der Waals surface area (Å²) < 4.78 is 17.9. The second-order valence-electron chi connectivity index (χ2n) is 16.9. The van der Waals surface area contributed by atoms with Gasteiger partial charge in [-0.05, 0) is 37.5 Å². The van der Waals surface area contributed by atoms with Crippen molar-refractivity contribution in [2.45, 2.75) is 141 Å². The van der Waals surface area contributed by atoms with Crippen molar-refractivity contribution >= 4 is 46.9 Å². The molecule has 1 saturated heterocycles. The molecule has 0 spiro atoms. The molecule has 5 aromatic heterocycles. The normalized spacial score (nSPS) is 12.2. The Bertz CT molecular complexity index is 2230. The lowest BCUT2D eigenvalue weighted by Crippen LogP contribution is -2.36. The molecule has 2 aliphatic heterocycles. The number of urea groups is 1. The number of nitrogens with zero attached hydrogens (tertiary/aromatic N) is 6. The van der Waals surface area contributed by atoms with Crippen LogP contribution in [-0.2, 0) is 14.4 Å². The molecular formula is C43H71N11O11S2. The average Bonchev–Trinajstić information content (AvgIpc) is 4.09. The molecule has 7 rings (SSSR count). The first-order chi connectivity index (χ1) is 31.2. The Kier molecular flexibility index (Phi) is 32.8. The van der Waals surface area contributed by atoms with Crippen molar-refractivity contribution in [3.63, 3.8) is 0 Å². The molecule has 0 bridgehead atoms. The molecule has 1 fully saturated rings. The third-order valence-electron chi connectivity index (χ3n) is 6.98. The molecule has 0 atom stereocenters. The number of carbonyl (C=O) groups excluding carboxylic acids is 3. The van der Waals surface area contributed by atoms with Crippen molar-refractivity contribution in [1.29, 1.82) is 0 Å². The van der Waals surface area contributed by atoms with Gasteiger partial charge in [0.15, 0.2) is 11.6 Å². The molecule has 0 aliphatic carbocycles. The number of aromatic hydroxyl groups is 1. The first-order valence-corrected chi connectivity index (χ1v) is 23.1. The van der Waals surface area contributed by atoms with Gasteiger partial charge in [-0.3, -0.25) is 37.6 Å². The molecule has 24 heteroatoms. The number of aromatic nitrogens is 8. The first-order valence-electron chi connectivity index (χ1n) is 21.4. The van der Waals surface area contributed by atoms with E-state index in [1.807, 2.05) is 69.2 Å². The zero-order valence-electron chi connectivity index (χ0n) is 41.4. The summed E-state index contributed by atoms with van der Waals surface area (Å²) in [6, 6.07) is 2.49. The van der Waals surface area contributed by atoms with E-state index in [9.17, 15) is 33.6 Å². The van der Waals surface area contributed by atoms with E-state index in [-0.39, 0.29) is 70.2 Å². The highest BCUT2D eigenvalue weighted by molar-refractivity contribution is 7.03. The van der Waals surface area contributed by atoms with Gasteiger partial charge in [-0.1, -0.05) is 119 Å². The molecule has 0 unspecified atom stereocenters. The van der Waals surface area contributed by atoms with Crippen LogP contribution < -0.4 is 27.4 Å². The molecule has 6 N–H and O–H groups in total. The maximum atomic E-state index is 11.1. The number of oxime groups is 1. The van der Waals surface area contributed by atoms with Crippen molar-refractivity contribution in [3.8, 4) is 5.75 Å². The Hall–Kier alpha value is -6.30. The smallest absolute Gasteiger partial charge is 0.340 e. The molecule has 0 radical (unpaired) electrons. The summed E-state index contributed by atoms with van der Waals surface area (Å²) >= 11 is 2.41. The largest absolute Gasteiger partial charge is 0.502 e. The van der Waals surface area contributed by atoms with Gasteiger partial charge in [0.05, 0.1) is 24.9 Å². The third-order valence-corrected chi connectivity index (χ3v) is 8.13. The highest BCUT2D eigenvalue weighted by Crippen LogP contribution is 2.12. The summed E-state index contributed by atoms with van der Waals surface area (Å²) in [5.74, 6) is 2.75. The monoisotopic (exact) mass is 981 g/mol. The molecule has 3 amide bonds. The lowest BCUT2D eigenvalue weighted by molar-refractivity contribution is -0.140. The van der Waals surface area contributed by atoms with Gasteiger partial charge in [-0.2, -0.15) is 14.7 Å². The minimum Gasteiger partial charge on any atom is -0.502 e. The predicted octanol–water partition coefficient (Wildman–Crippen LogP) is 7.37. The molecule has 0 saturated carbocycles. The van der Waals surface area contributed by atoms with E-state index in [1.165, 1.54) is 41.1 Å². The van der Waals surface area contributed by atoms with Gasteiger partial charge < -0.3 is 24.2 Å². The Balaban J connectivity index is 0. The number of carbonyl (C=O) groups is 3. The van der Waals surface area contributed by atoms with Gasteiger partial charge in [0.25, 0.3) is 16.7 Å². The molecule has 7 heterocycles. The number of nitrogens with one attached hydrogen (secondary N) is 5. The van der Waals surface area contributed by atoms with Crippen molar-refractivity contribution in [3.05, 3.63) is 94.7 Å². The fourth-order valence-electron chi connectivity index (χ4n) is 3.85. The number of aromatic amines is 4. The van der Waals surface area contributed by atoms with Crippen LogP contribution in [0.4, 0.5) is 4.79 Å². The summed E-state index contributed by atoms with van der Waals surface area (Å²) in [5, 5.41) is 32.1. The lowest BCUT2D eigenvalue weighted by Gasteiger charge is -2.15. The number of rotatable bonds is 5. The van der Waals surface area contributed by atoms with E-state index in [2.05, 4.69) is 100 Å². The molecular weight excluding hydrogens is 911 g/mol. The quantitative estimate of drug-likeness (QED) is 0.0740. The summed E-state index contributed by atoms with van der Waals surface area (Å²) in [4.78, 5) is 79.5. The van der Waals surface area contributed by atoms with E-state index in [0.29, 0.717) is 29.5 Å². The molecule has 376 valence electrons. The van der Waals surface area contributed by atoms with Crippen molar-refractivity contribution in [2.75, 3.05) is 6.54 Å².